The number of nitrogens with zero attached hydrogens (tertiary/aromatic N) is 2. The summed E-state index contributed by atoms with van der Waals surface area (Å²) in [6.07, 6.45) is 1.41. The van der Waals surface area contributed by atoms with Crippen molar-refractivity contribution < 1.29 is 32.3 Å². The molecular formula is C28H37F4N3O3. The first kappa shape index (κ1) is 31.2. The van der Waals surface area contributed by atoms with E-state index in [0.29, 0.717) is 16.8 Å². The third-order valence-corrected chi connectivity index (χ3v) is 6.30. The number of carboxylic acid groups (broad SMARTS) is 1. The van der Waals surface area contributed by atoms with Gasteiger partial charge in [0.25, 0.3) is 5.91 Å². The van der Waals surface area contributed by atoms with E-state index in [0.717, 1.165) is 26.2 Å². The number of anilines is 1. The topological polar surface area (TPSA) is 72.9 Å². The smallest absolute Gasteiger partial charge is 0.475 e. The molecule has 1 saturated heterocycles. The average molecular weight is 540 g/mol. The number of carbonyl (C=O) groups excluding carboxylic acids is 1. The van der Waals surface area contributed by atoms with Crippen molar-refractivity contribution in [3.05, 3.63) is 65.0 Å². The molecule has 2 aromatic rings. The molecule has 38 heavy (non-hydrogen) atoms. The summed E-state index contributed by atoms with van der Waals surface area (Å²) in [6, 6.07) is 12.5. The lowest BCUT2D eigenvalue weighted by Crippen LogP contribution is -2.31. The van der Waals surface area contributed by atoms with E-state index in [1.165, 1.54) is 56.8 Å². The van der Waals surface area contributed by atoms with Crippen molar-refractivity contribution in [3.63, 3.8) is 0 Å². The molecule has 210 valence electrons. The van der Waals surface area contributed by atoms with Crippen LogP contribution < -0.4 is 5.32 Å². The van der Waals surface area contributed by atoms with E-state index in [-0.39, 0.29) is 11.7 Å². The predicted octanol–water partition coefficient (Wildman–Crippen LogP) is 6.11. The second-order valence-corrected chi connectivity index (χ2v) is 9.45. The maximum Gasteiger partial charge on any atom is 0.490 e. The third kappa shape index (κ3) is 11.2. The Morgan fingerprint density at radius 3 is 2.18 bits per heavy atom. The molecule has 3 rings (SSSR count). The van der Waals surface area contributed by atoms with Crippen LogP contribution in [0.15, 0.2) is 42.5 Å². The minimum Gasteiger partial charge on any atom is -0.475 e. The molecule has 2 N–H and O–H groups in total. The van der Waals surface area contributed by atoms with Gasteiger partial charge in [-0.2, -0.15) is 13.2 Å². The van der Waals surface area contributed by atoms with E-state index < -0.39 is 12.1 Å². The Kier molecular flexibility index (Phi) is 12.7. The maximum absolute atomic E-state index is 13.7. The molecule has 1 fully saturated rings. The van der Waals surface area contributed by atoms with Gasteiger partial charge >= 0.3 is 12.1 Å². The van der Waals surface area contributed by atoms with Crippen molar-refractivity contribution in [2.24, 2.45) is 0 Å². The Hall–Kier alpha value is -2.98. The van der Waals surface area contributed by atoms with Crippen molar-refractivity contribution in [3.8, 4) is 0 Å². The number of unbranched alkanes of at least 4 members (excludes halogenated alkanes) is 3. The van der Waals surface area contributed by atoms with Gasteiger partial charge in [0.1, 0.15) is 5.82 Å². The summed E-state index contributed by atoms with van der Waals surface area (Å²) in [5, 5.41) is 9.89. The Balaban J connectivity index is 0.000000638. The maximum atomic E-state index is 13.7. The molecule has 0 saturated carbocycles. The molecule has 1 aliphatic heterocycles. The Labute approximate surface area is 221 Å². The van der Waals surface area contributed by atoms with Crippen LogP contribution in [0.2, 0.25) is 0 Å². The molecule has 0 radical (unpaired) electrons. The van der Waals surface area contributed by atoms with Crippen LogP contribution in [0.3, 0.4) is 0 Å². The van der Waals surface area contributed by atoms with Gasteiger partial charge in [0.05, 0.1) is 0 Å². The SMILES string of the molecule is CCCCCCN1CCCN(Cc2ccc(C(=O)Nc3ccc(C)c(F)c3)cc2)CC1.O=C(O)C(F)(F)F. The molecule has 1 amide bonds. The number of halogens is 4. The number of carboxylic acids is 1. The van der Waals surface area contributed by atoms with Crippen LogP contribution in [-0.4, -0.2) is 65.7 Å². The molecular weight excluding hydrogens is 502 g/mol. The highest BCUT2D eigenvalue weighted by Crippen LogP contribution is 2.16. The summed E-state index contributed by atoms with van der Waals surface area (Å²) in [5.74, 6) is -3.29. The van der Waals surface area contributed by atoms with Gasteiger partial charge in [-0.05, 0) is 74.8 Å². The summed E-state index contributed by atoms with van der Waals surface area (Å²) in [4.78, 5) is 26.5. The lowest BCUT2D eigenvalue weighted by molar-refractivity contribution is -0.192. The fraction of sp³-hybridized carbons (Fsp3) is 0.500. The summed E-state index contributed by atoms with van der Waals surface area (Å²) < 4.78 is 45.4. The molecule has 10 heteroatoms. The minimum absolute atomic E-state index is 0.219. The zero-order valence-electron chi connectivity index (χ0n) is 22.0. The largest absolute Gasteiger partial charge is 0.490 e. The van der Waals surface area contributed by atoms with Crippen LogP contribution in [0.4, 0.5) is 23.2 Å². The molecule has 0 unspecified atom stereocenters. The van der Waals surface area contributed by atoms with E-state index in [9.17, 15) is 22.4 Å². The number of hydrogen-bond donors (Lipinski definition) is 2. The van der Waals surface area contributed by atoms with Gasteiger partial charge in [0, 0.05) is 30.9 Å². The minimum atomic E-state index is -5.08. The standard InChI is InChI=1S/C26H36FN3O.C2HF3O2/c1-3-4-5-6-14-29-15-7-16-30(18-17-29)20-22-9-11-23(12-10-22)26(31)28-24-13-8-21(2)25(27)19-24;3-2(4,5)1(6)7/h8-13,19H,3-7,14-18,20H2,1-2H3,(H,28,31);(H,6,7). The first-order chi connectivity index (χ1) is 18.0. The first-order valence-corrected chi connectivity index (χ1v) is 12.9. The molecule has 0 aliphatic carbocycles. The number of aryl methyl sites for hydroxylation is 1. The number of carbonyl (C=O) groups is 2. The van der Waals surface area contributed by atoms with Crippen molar-refractivity contribution in [1.29, 1.82) is 0 Å². The van der Waals surface area contributed by atoms with Crippen molar-refractivity contribution in [1.82, 2.24) is 9.80 Å². The highest BCUT2D eigenvalue weighted by atomic mass is 19.4. The normalized spacial score (nSPS) is 14.8. The zero-order valence-corrected chi connectivity index (χ0v) is 22.0. The summed E-state index contributed by atoms with van der Waals surface area (Å²) in [7, 11) is 0. The lowest BCUT2D eigenvalue weighted by Gasteiger charge is -2.22. The molecule has 0 aromatic heterocycles. The van der Waals surface area contributed by atoms with Gasteiger partial charge < -0.3 is 15.3 Å². The number of aliphatic carboxylic acids is 1. The van der Waals surface area contributed by atoms with E-state index >= 15 is 0 Å². The molecule has 6 nitrogen and oxygen atoms in total. The molecule has 2 aromatic carbocycles. The van der Waals surface area contributed by atoms with E-state index in [1.807, 2.05) is 24.3 Å². The summed E-state index contributed by atoms with van der Waals surface area (Å²) >= 11 is 0. The zero-order chi connectivity index (χ0) is 28.1. The highest BCUT2D eigenvalue weighted by Gasteiger charge is 2.38. The number of amides is 1. The van der Waals surface area contributed by atoms with Gasteiger partial charge in [0.2, 0.25) is 0 Å². The predicted molar refractivity (Wildman–Crippen MR) is 140 cm³/mol. The van der Waals surface area contributed by atoms with Crippen molar-refractivity contribution >= 4 is 17.6 Å². The Bertz CT molecular complexity index is 1030. The van der Waals surface area contributed by atoms with Crippen LogP contribution in [0.5, 0.6) is 0 Å². The quantitative estimate of drug-likeness (QED) is 0.297. The van der Waals surface area contributed by atoms with Crippen LogP contribution in [-0.2, 0) is 11.3 Å². The summed E-state index contributed by atoms with van der Waals surface area (Å²) in [5.41, 5.74) is 2.84. The Morgan fingerprint density at radius 2 is 1.58 bits per heavy atom. The average Bonchev–Trinajstić information content (AvgIpc) is 3.09. The first-order valence-electron chi connectivity index (χ1n) is 12.9. The van der Waals surface area contributed by atoms with Gasteiger partial charge in [-0.25, -0.2) is 9.18 Å². The number of alkyl halides is 3. The van der Waals surface area contributed by atoms with Crippen molar-refractivity contribution in [2.75, 3.05) is 38.0 Å². The van der Waals surface area contributed by atoms with E-state index in [4.69, 9.17) is 9.90 Å². The number of hydrogen-bond acceptors (Lipinski definition) is 4. The monoisotopic (exact) mass is 539 g/mol. The van der Waals surface area contributed by atoms with Gasteiger partial charge in [-0.15, -0.1) is 0 Å². The Morgan fingerprint density at radius 1 is 0.947 bits per heavy atom. The number of benzene rings is 2. The number of nitrogens with one attached hydrogen (secondary N) is 1. The van der Waals surface area contributed by atoms with Gasteiger partial charge in [-0.3, -0.25) is 9.69 Å². The number of rotatable bonds is 9. The van der Waals surface area contributed by atoms with E-state index in [1.54, 1.807) is 19.1 Å². The molecule has 1 heterocycles. The molecule has 1 aliphatic rings. The highest BCUT2D eigenvalue weighted by molar-refractivity contribution is 6.04. The van der Waals surface area contributed by atoms with Crippen LogP contribution in [0.1, 0.15) is 60.5 Å². The van der Waals surface area contributed by atoms with Crippen LogP contribution in [0, 0.1) is 12.7 Å². The summed E-state index contributed by atoms with van der Waals surface area (Å²) in [6.45, 7) is 10.6. The molecule has 0 spiro atoms. The fourth-order valence-corrected chi connectivity index (χ4v) is 4.06. The second-order valence-electron chi connectivity index (χ2n) is 9.45. The fourth-order valence-electron chi connectivity index (χ4n) is 4.06. The second kappa shape index (κ2) is 15.4. The lowest BCUT2D eigenvalue weighted by atomic mass is 10.1. The van der Waals surface area contributed by atoms with Gasteiger partial charge in [-0.1, -0.05) is 44.4 Å². The van der Waals surface area contributed by atoms with E-state index in [2.05, 4.69) is 22.0 Å². The van der Waals surface area contributed by atoms with Crippen LogP contribution in [0.25, 0.3) is 0 Å². The van der Waals surface area contributed by atoms with Crippen molar-refractivity contribution in [2.45, 2.75) is 58.7 Å². The molecule has 0 atom stereocenters. The third-order valence-electron chi connectivity index (χ3n) is 6.30. The van der Waals surface area contributed by atoms with Crippen LogP contribution >= 0.6 is 0 Å². The van der Waals surface area contributed by atoms with Gasteiger partial charge in [0.15, 0.2) is 0 Å². The molecule has 0 bridgehead atoms.